The van der Waals surface area contributed by atoms with Crippen molar-refractivity contribution < 1.29 is 4.74 Å². The molecule has 0 bridgehead atoms. The summed E-state index contributed by atoms with van der Waals surface area (Å²) in [4.78, 5) is 8.91. The van der Waals surface area contributed by atoms with Crippen LogP contribution in [-0.4, -0.2) is 41.7 Å². The number of nitrogens with zero attached hydrogens (tertiary/aromatic N) is 2. The molecule has 1 fully saturated rings. The fourth-order valence-electron chi connectivity index (χ4n) is 2.25. The van der Waals surface area contributed by atoms with Gasteiger partial charge >= 0.3 is 0 Å². The maximum atomic E-state index is 5.13. The third kappa shape index (κ3) is 4.83. The van der Waals surface area contributed by atoms with Crippen molar-refractivity contribution in [2.24, 2.45) is 5.92 Å². The summed E-state index contributed by atoms with van der Waals surface area (Å²) in [6.07, 6.45) is 2.60. The highest BCUT2D eigenvalue weighted by atomic mass is 32.2. The SMILES string of the molecule is CCNc1cc(NCC2CCSCC2)nc(COC)n1. The molecule has 1 aromatic rings. The highest BCUT2D eigenvalue weighted by molar-refractivity contribution is 7.99. The minimum Gasteiger partial charge on any atom is -0.377 e. The molecule has 1 saturated heterocycles. The van der Waals surface area contributed by atoms with E-state index in [1.807, 2.05) is 6.07 Å². The zero-order chi connectivity index (χ0) is 14.2. The molecule has 0 saturated carbocycles. The van der Waals surface area contributed by atoms with Crippen LogP contribution in [0.15, 0.2) is 6.07 Å². The van der Waals surface area contributed by atoms with Gasteiger partial charge in [0.25, 0.3) is 0 Å². The predicted molar refractivity (Wildman–Crippen MR) is 85.4 cm³/mol. The largest absolute Gasteiger partial charge is 0.377 e. The molecule has 112 valence electrons. The Morgan fingerprint density at radius 2 is 1.95 bits per heavy atom. The molecule has 1 aromatic heterocycles. The molecule has 1 aliphatic rings. The molecule has 0 aromatic carbocycles. The first kappa shape index (κ1) is 15.4. The third-order valence-corrected chi connectivity index (χ3v) is 4.37. The Labute approximate surface area is 125 Å². The van der Waals surface area contributed by atoms with E-state index in [-0.39, 0.29) is 0 Å². The quantitative estimate of drug-likeness (QED) is 0.806. The Bertz CT molecular complexity index is 386. The molecule has 6 heteroatoms. The van der Waals surface area contributed by atoms with E-state index in [0.29, 0.717) is 12.4 Å². The summed E-state index contributed by atoms with van der Waals surface area (Å²) in [7, 11) is 1.66. The predicted octanol–water partition coefficient (Wildman–Crippen LogP) is 2.61. The van der Waals surface area contributed by atoms with E-state index in [1.165, 1.54) is 24.3 Å². The molecular weight excluding hydrogens is 272 g/mol. The van der Waals surface area contributed by atoms with Gasteiger partial charge in [-0.1, -0.05) is 0 Å². The number of aromatic nitrogens is 2. The van der Waals surface area contributed by atoms with Gasteiger partial charge < -0.3 is 15.4 Å². The molecular formula is C14H24N4OS. The van der Waals surface area contributed by atoms with Gasteiger partial charge in [-0.2, -0.15) is 11.8 Å². The van der Waals surface area contributed by atoms with Gasteiger partial charge in [-0.05, 0) is 37.2 Å². The number of hydrogen-bond acceptors (Lipinski definition) is 6. The van der Waals surface area contributed by atoms with Gasteiger partial charge in [0.2, 0.25) is 0 Å². The lowest BCUT2D eigenvalue weighted by atomic mass is 10.0. The Kier molecular flexibility index (Phi) is 6.39. The first-order chi connectivity index (χ1) is 9.81. The van der Waals surface area contributed by atoms with Crippen molar-refractivity contribution in [2.45, 2.75) is 26.4 Å². The lowest BCUT2D eigenvalue weighted by Crippen LogP contribution is -2.20. The highest BCUT2D eigenvalue weighted by Gasteiger charge is 2.14. The van der Waals surface area contributed by atoms with Gasteiger partial charge in [0.15, 0.2) is 5.82 Å². The summed E-state index contributed by atoms with van der Waals surface area (Å²) >= 11 is 2.06. The second-order valence-corrected chi connectivity index (χ2v) is 6.18. The van der Waals surface area contributed by atoms with Crippen molar-refractivity contribution >= 4 is 23.4 Å². The summed E-state index contributed by atoms with van der Waals surface area (Å²) in [5, 5.41) is 6.69. The second kappa shape index (κ2) is 8.32. The molecule has 0 aliphatic carbocycles. The van der Waals surface area contributed by atoms with Gasteiger partial charge in [-0.15, -0.1) is 0 Å². The maximum Gasteiger partial charge on any atom is 0.158 e. The van der Waals surface area contributed by atoms with Gasteiger partial charge in [0, 0.05) is 26.3 Å². The normalized spacial score (nSPS) is 16.1. The lowest BCUT2D eigenvalue weighted by Gasteiger charge is -2.22. The average Bonchev–Trinajstić information content (AvgIpc) is 2.47. The molecule has 5 nitrogen and oxygen atoms in total. The van der Waals surface area contributed by atoms with Gasteiger partial charge in [0.05, 0.1) is 0 Å². The van der Waals surface area contributed by atoms with Crippen molar-refractivity contribution in [2.75, 3.05) is 42.3 Å². The summed E-state index contributed by atoms with van der Waals surface area (Å²) in [5.41, 5.74) is 0. The number of ether oxygens (including phenoxy) is 1. The topological polar surface area (TPSA) is 59.1 Å². The summed E-state index contributed by atoms with van der Waals surface area (Å²) in [6.45, 7) is 4.34. The van der Waals surface area contributed by atoms with E-state index in [0.717, 1.165) is 30.6 Å². The van der Waals surface area contributed by atoms with E-state index >= 15 is 0 Å². The van der Waals surface area contributed by atoms with Crippen LogP contribution >= 0.6 is 11.8 Å². The maximum absolute atomic E-state index is 5.13. The molecule has 20 heavy (non-hydrogen) atoms. The van der Waals surface area contributed by atoms with E-state index in [1.54, 1.807) is 7.11 Å². The Balaban J connectivity index is 1.97. The van der Waals surface area contributed by atoms with Crippen molar-refractivity contribution in [3.05, 3.63) is 11.9 Å². The van der Waals surface area contributed by atoms with E-state index < -0.39 is 0 Å². The van der Waals surface area contributed by atoms with Gasteiger partial charge in [-0.25, -0.2) is 9.97 Å². The number of hydrogen-bond donors (Lipinski definition) is 2. The Morgan fingerprint density at radius 1 is 1.25 bits per heavy atom. The number of thioether (sulfide) groups is 1. The molecule has 0 atom stereocenters. The monoisotopic (exact) mass is 296 g/mol. The standard InChI is InChI=1S/C14H24N4OS/c1-3-15-12-8-13(18-14(17-12)10-19-2)16-9-11-4-6-20-7-5-11/h8,11H,3-7,9-10H2,1-2H3,(H2,15,16,17,18). The van der Waals surface area contributed by atoms with E-state index in [4.69, 9.17) is 4.74 Å². The zero-order valence-electron chi connectivity index (χ0n) is 12.3. The highest BCUT2D eigenvalue weighted by Crippen LogP contribution is 2.23. The van der Waals surface area contributed by atoms with Crippen LogP contribution in [0.2, 0.25) is 0 Å². The van der Waals surface area contributed by atoms with E-state index in [2.05, 4.69) is 39.3 Å². The van der Waals surface area contributed by atoms with Crippen molar-refractivity contribution in [3.8, 4) is 0 Å². The van der Waals surface area contributed by atoms with Crippen LogP contribution in [0.1, 0.15) is 25.6 Å². The lowest BCUT2D eigenvalue weighted by molar-refractivity contribution is 0.178. The molecule has 0 spiro atoms. The fraction of sp³-hybridized carbons (Fsp3) is 0.714. The zero-order valence-corrected chi connectivity index (χ0v) is 13.1. The summed E-state index contributed by atoms with van der Waals surface area (Å²) in [6, 6.07) is 1.97. The van der Waals surface area contributed by atoms with Crippen molar-refractivity contribution in [1.82, 2.24) is 9.97 Å². The minimum absolute atomic E-state index is 0.438. The first-order valence-corrected chi connectivity index (χ1v) is 8.39. The fourth-order valence-corrected chi connectivity index (χ4v) is 3.46. The van der Waals surface area contributed by atoms with Gasteiger partial charge in [-0.3, -0.25) is 0 Å². The summed E-state index contributed by atoms with van der Waals surface area (Å²) < 4.78 is 5.13. The van der Waals surface area contributed by atoms with Crippen LogP contribution in [0.5, 0.6) is 0 Å². The number of methoxy groups -OCH3 is 1. The third-order valence-electron chi connectivity index (χ3n) is 3.32. The average molecular weight is 296 g/mol. The van der Waals surface area contributed by atoms with Crippen molar-refractivity contribution in [3.63, 3.8) is 0 Å². The summed E-state index contributed by atoms with van der Waals surface area (Å²) in [5.74, 6) is 5.80. The van der Waals surface area contributed by atoms with Crippen LogP contribution in [0.25, 0.3) is 0 Å². The van der Waals surface area contributed by atoms with Crippen LogP contribution < -0.4 is 10.6 Å². The molecule has 0 radical (unpaired) electrons. The van der Waals surface area contributed by atoms with Crippen LogP contribution in [0.4, 0.5) is 11.6 Å². The Hall–Kier alpha value is -1.01. The van der Waals surface area contributed by atoms with Crippen LogP contribution in [0, 0.1) is 5.92 Å². The van der Waals surface area contributed by atoms with Gasteiger partial charge in [0.1, 0.15) is 18.2 Å². The Morgan fingerprint density at radius 3 is 2.60 bits per heavy atom. The molecule has 2 heterocycles. The molecule has 2 N–H and O–H groups in total. The minimum atomic E-state index is 0.438. The van der Waals surface area contributed by atoms with E-state index in [9.17, 15) is 0 Å². The number of anilines is 2. The molecule has 0 amide bonds. The molecule has 0 unspecified atom stereocenters. The van der Waals surface area contributed by atoms with Crippen molar-refractivity contribution in [1.29, 1.82) is 0 Å². The van der Waals surface area contributed by atoms with Crippen LogP contribution in [-0.2, 0) is 11.3 Å². The number of nitrogens with one attached hydrogen (secondary N) is 2. The molecule has 2 rings (SSSR count). The second-order valence-electron chi connectivity index (χ2n) is 4.95. The number of rotatable bonds is 7. The van der Waals surface area contributed by atoms with Crippen LogP contribution in [0.3, 0.4) is 0 Å². The first-order valence-electron chi connectivity index (χ1n) is 7.24. The smallest absolute Gasteiger partial charge is 0.158 e. The molecule has 1 aliphatic heterocycles.